The molecule has 0 saturated heterocycles. The maximum atomic E-state index is 13.6. The minimum Gasteiger partial charge on any atom is -0.323 e. The summed E-state index contributed by atoms with van der Waals surface area (Å²) in [6.07, 6.45) is 0.161. The molecule has 1 amide bonds. The molecule has 0 aromatic heterocycles. The average Bonchev–Trinajstić information content (AvgIpc) is 2.51. The lowest BCUT2D eigenvalue weighted by molar-refractivity contribution is -0.384. The van der Waals surface area contributed by atoms with Crippen molar-refractivity contribution in [3.8, 4) is 0 Å². The van der Waals surface area contributed by atoms with Gasteiger partial charge in [0.1, 0.15) is 5.82 Å². The molecule has 0 aliphatic rings. The summed E-state index contributed by atoms with van der Waals surface area (Å²) in [4.78, 5) is 22.9. The van der Waals surface area contributed by atoms with E-state index in [9.17, 15) is 19.3 Å². The van der Waals surface area contributed by atoms with Crippen molar-refractivity contribution < 1.29 is 14.1 Å². The number of thioether (sulfide) groups is 1. The van der Waals surface area contributed by atoms with Crippen LogP contribution in [0, 0.1) is 15.9 Å². The molecule has 0 aliphatic carbocycles. The fourth-order valence-corrected chi connectivity index (χ4v) is 3.27. The topological polar surface area (TPSA) is 72.2 Å². The second-order valence-electron chi connectivity index (χ2n) is 4.50. The number of rotatable bonds is 6. The van der Waals surface area contributed by atoms with Gasteiger partial charge in [-0.25, -0.2) is 4.39 Å². The Kier molecular flexibility index (Phi) is 6.12. The Bertz CT molecular complexity index is 742. The van der Waals surface area contributed by atoms with E-state index < -0.39 is 16.6 Å². The smallest absolute Gasteiger partial charge is 0.271 e. The number of nitrogens with one attached hydrogen (secondary N) is 1. The van der Waals surface area contributed by atoms with Crippen LogP contribution in [0.1, 0.15) is 6.42 Å². The van der Waals surface area contributed by atoms with Crippen molar-refractivity contribution in [1.82, 2.24) is 0 Å². The summed E-state index contributed by atoms with van der Waals surface area (Å²) < 4.78 is 14.5. The van der Waals surface area contributed by atoms with Gasteiger partial charge >= 0.3 is 0 Å². The first-order valence-corrected chi connectivity index (χ1v) is 8.36. The Morgan fingerprint density at radius 3 is 2.74 bits per heavy atom. The van der Waals surface area contributed by atoms with Gasteiger partial charge in [-0.3, -0.25) is 14.9 Å². The molecule has 0 atom stereocenters. The zero-order valence-electron chi connectivity index (χ0n) is 11.8. The number of amides is 1. The number of carbonyl (C=O) groups is 1. The number of hydrogen-bond donors (Lipinski definition) is 1. The van der Waals surface area contributed by atoms with Crippen LogP contribution in [0.3, 0.4) is 0 Å². The highest BCUT2D eigenvalue weighted by Gasteiger charge is 2.13. The van der Waals surface area contributed by atoms with Gasteiger partial charge in [-0.1, -0.05) is 12.1 Å². The first-order valence-electron chi connectivity index (χ1n) is 6.58. The van der Waals surface area contributed by atoms with Crippen molar-refractivity contribution in [2.45, 2.75) is 11.3 Å². The van der Waals surface area contributed by atoms with Crippen molar-refractivity contribution in [3.05, 3.63) is 62.9 Å². The molecule has 2 rings (SSSR count). The standard InChI is InChI=1S/C15H12BrFN2O3S/c16-11-3-1-2-4-14(11)23-8-7-15(20)18-13-9-10(19(21)22)5-6-12(13)17/h1-6,9H,7-8H2,(H,18,20). The third kappa shape index (κ3) is 5.04. The maximum Gasteiger partial charge on any atom is 0.271 e. The monoisotopic (exact) mass is 398 g/mol. The second kappa shape index (κ2) is 8.07. The van der Waals surface area contributed by atoms with Crippen molar-refractivity contribution in [2.24, 2.45) is 0 Å². The van der Waals surface area contributed by atoms with Gasteiger partial charge in [0, 0.05) is 33.7 Å². The summed E-state index contributed by atoms with van der Waals surface area (Å²) in [5.41, 5.74) is -0.459. The SMILES string of the molecule is O=C(CCSc1ccccc1Br)Nc1cc([N+](=O)[O-])ccc1F. The molecule has 1 N–H and O–H groups in total. The van der Waals surface area contributed by atoms with Crippen molar-refractivity contribution >= 4 is 45.0 Å². The van der Waals surface area contributed by atoms with Crippen LogP contribution in [0.25, 0.3) is 0 Å². The third-order valence-corrected chi connectivity index (χ3v) is 4.89. The van der Waals surface area contributed by atoms with E-state index in [4.69, 9.17) is 0 Å². The van der Waals surface area contributed by atoms with Crippen LogP contribution >= 0.6 is 27.7 Å². The molecular weight excluding hydrogens is 387 g/mol. The van der Waals surface area contributed by atoms with E-state index in [-0.39, 0.29) is 17.8 Å². The number of nitro benzene ring substituents is 1. The van der Waals surface area contributed by atoms with Crippen LogP contribution in [-0.2, 0) is 4.79 Å². The summed E-state index contributed by atoms with van der Waals surface area (Å²) >= 11 is 4.90. The fourth-order valence-electron chi connectivity index (χ4n) is 1.75. The Hall–Kier alpha value is -1.93. The number of hydrogen-bond acceptors (Lipinski definition) is 4. The highest BCUT2D eigenvalue weighted by atomic mass is 79.9. The van der Waals surface area contributed by atoms with Crippen LogP contribution in [0.15, 0.2) is 51.8 Å². The van der Waals surface area contributed by atoms with Gasteiger partial charge in [0.15, 0.2) is 0 Å². The zero-order valence-corrected chi connectivity index (χ0v) is 14.2. The Morgan fingerprint density at radius 2 is 2.04 bits per heavy atom. The normalized spacial score (nSPS) is 10.3. The van der Waals surface area contributed by atoms with Crippen LogP contribution in [-0.4, -0.2) is 16.6 Å². The molecule has 0 heterocycles. The minimum absolute atomic E-state index is 0.161. The molecule has 0 fully saturated rings. The summed E-state index contributed by atoms with van der Waals surface area (Å²) in [5, 5.41) is 13.0. The van der Waals surface area contributed by atoms with E-state index in [1.165, 1.54) is 11.8 Å². The first kappa shape index (κ1) is 17.4. The number of nitro groups is 1. The Balaban J connectivity index is 1.91. The molecule has 2 aromatic rings. The van der Waals surface area contributed by atoms with E-state index in [1.807, 2.05) is 24.3 Å². The molecule has 2 aromatic carbocycles. The van der Waals surface area contributed by atoms with Gasteiger partial charge < -0.3 is 5.32 Å². The predicted octanol–water partition coefficient (Wildman–Crippen LogP) is 4.62. The molecule has 23 heavy (non-hydrogen) atoms. The van der Waals surface area contributed by atoms with E-state index in [2.05, 4.69) is 21.2 Å². The molecule has 0 radical (unpaired) electrons. The fraction of sp³-hybridized carbons (Fsp3) is 0.133. The summed E-state index contributed by atoms with van der Waals surface area (Å²) in [7, 11) is 0. The molecule has 120 valence electrons. The molecule has 0 saturated carbocycles. The van der Waals surface area contributed by atoms with Gasteiger partial charge in [-0.2, -0.15) is 0 Å². The van der Waals surface area contributed by atoms with Crippen LogP contribution in [0.4, 0.5) is 15.8 Å². The molecule has 0 unspecified atom stereocenters. The van der Waals surface area contributed by atoms with Crippen LogP contribution in [0.5, 0.6) is 0 Å². The van der Waals surface area contributed by atoms with Gasteiger partial charge in [-0.15, -0.1) is 11.8 Å². The Labute approximate surface area is 144 Å². The van der Waals surface area contributed by atoms with Crippen molar-refractivity contribution in [2.75, 3.05) is 11.1 Å². The third-order valence-electron chi connectivity index (χ3n) is 2.86. The summed E-state index contributed by atoms with van der Waals surface area (Å²) in [6.45, 7) is 0. The number of halogens is 2. The number of carbonyl (C=O) groups excluding carboxylic acids is 1. The Morgan fingerprint density at radius 1 is 1.30 bits per heavy atom. The molecule has 0 bridgehead atoms. The van der Waals surface area contributed by atoms with E-state index in [1.54, 1.807) is 0 Å². The quantitative estimate of drug-likeness (QED) is 0.437. The lowest BCUT2D eigenvalue weighted by atomic mass is 10.2. The molecule has 5 nitrogen and oxygen atoms in total. The molecule has 0 aliphatic heterocycles. The van der Waals surface area contributed by atoms with Crippen molar-refractivity contribution in [3.63, 3.8) is 0 Å². The van der Waals surface area contributed by atoms with Crippen LogP contribution in [0.2, 0.25) is 0 Å². The first-order chi connectivity index (χ1) is 11.0. The van der Waals surface area contributed by atoms with Crippen LogP contribution < -0.4 is 5.32 Å². The van der Waals surface area contributed by atoms with Gasteiger partial charge in [0.25, 0.3) is 5.69 Å². The molecular formula is C15H12BrFN2O3S. The van der Waals surface area contributed by atoms with Crippen molar-refractivity contribution in [1.29, 1.82) is 0 Å². The number of benzene rings is 2. The second-order valence-corrected chi connectivity index (χ2v) is 6.49. The summed E-state index contributed by atoms with van der Waals surface area (Å²) in [5.74, 6) is -0.600. The minimum atomic E-state index is -0.706. The highest BCUT2D eigenvalue weighted by Crippen LogP contribution is 2.27. The van der Waals surface area contributed by atoms with Gasteiger partial charge in [-0.05, 0) is 34.1 Å². The number of anilines is 1. The lowest BCUT2D eigenvalue weighted by Gasteiger charge is -2.07. The van der Waals surface area contributed by atoms with E-state index in [0.29, 0.717) is 5.75 Å². The zero-order chi connectivity index (χ0) is 16.8. The number of nitrogens with zero attached hydrogens (tertiary/aromatic N) is 1. The molecule has 8 heteroatoms. The highest BCUT2D eigenvalue weighted by molar-refractivity contribution is 9.10. The van der Waals surface area contributed by atoms with Gasteiger partial charge in [0.05, 0.1) is 10.6 Å². The summed E-state index contributed by atoms with van der Waals surface area (Å²) in [6, 6.07) is 10.6. The largest absolute Gasteiger partial charge is 0.323 e. The number of non-ortho nitro benzene ring substituents is 1. The lowest BCUT2D eigenvalue weighted by Crippen LogP contribution is -2.13. The van der Waals surface area contributed by atoms with Gasteiger partial charge in [0.2, 0.25) is 5.91 Å². The maximum absolute atomic E-state index is 13.6. The molecule has 0 spiro atoms. The predicted molar refractivity (Wildman–Crippen MR) is 91.2 cm³/mol. The average molecular weight is 399 g/mol. The van der Waals surface area contributed by atoms with E-state index >= 15 is 0 Å². The van der Waals surface area contributed by atoms with E-state index in [0.717, 1.165) is 27.6 Å².